The van der Waals surface area contributed by atoms with Crippen LogP contribution >= 0.6 is 0 Å². The number of aliphatic hydroxyl groups is 1. The van der Waals surface area contributed by atoms with Gasteiger partial charge in [-0.05, 0) is 104 Å². The fourth-order valence-electron chi connectivity index (χ4n) is 11.0. The summed E-state index contributed by atoms with van der Waals surface area (Å²) >= 11 is 0. The number of aliphatic hydroxyl groups excluding tert-OH is 1. The molecule has 5 aliphatic rings. The maximum Gasteiger partial charge on any atom is 0.314 e. The van der Waals surface area contributed by atoms with Gasteiger partial charge >= 0.3 is 11.9 Å². The van der Waals surface area contributed by atoms with Crippen molar-refractivity contribution in [3.05, 3.63) is 11.6 Å². The average molecular weight is 487 g/mol. The third-order valence-corrected chi connectivity index (χ3v) is 13.2. The van der Waals surface area contributed by atoms with Crippen LogP contribution in [-0.2, 0) is 9.59 Å². The van der Waals surface area contributed by atoms with Gasteiger partial charge in [0.05, 0.1) is 16.9 Å². The Morgan fingerprint density at radius 1 is 0.857 bits per heavy atom. The summed E-state index contributed by atoms with van der Waals surface area (Å²) in [5.74, 6) is -0.563. The van der Waals surface area contributed by atoms with Gasteiger partial charge in [0, 0.05) is 0 Å². The van der Waals surface area contributed by atoms with E-state index < -0.39 is 28.2 Å². The molecule has 4 fully saturated rings. The smallest absolute Gasteiger partial charge is 0.314 e. The standard InChI is InChI=1S/C30H46O5/c1-17-9-14-29(24(32)33)15-16-30(25(34)35)19(23(29)18(17)2)7-8-21-27(5)12-11-22(31)26(3,4)20(27)10-13-28(21,30)6/h7,17-18,20-23,31H,8-16H2,1-6H3,(H,32,33)(H,34,35)/t17-,18+,20-,21-,22+,23+,27+,28-,29+,30-/m1/s1. The van der Waals surface area contributed by atoms with E-state index in [0.29, 0.717) is 31.1 Å². The highest BCUT2D eigenvalue weighted by Crippen LogP contribution is 2.75. The molecule has 0 spiro atoms. The number of hydrogen-bond acceptors (Lipinski definition) is 3. The van der Waals surface area contributed by atoms with Crippen LogP contribution in [0.15, 0.2) is 11.6 Å². The van der Waals surface area contributed by atoms with Gasteiger partial charge in [-0.25, -0.2) is 0 Å². The molecular formula is C30H46O5. The maximum absolute atomic E-state index is 13.5. The van der Waals surface area contributed by atoms with E-state index in [0.717, 1.165) is 44.1 Å². The monoisotopic (exact) mass is 486 g/mol. The van der Waals surface area contributed by atoms with E-state index in [1.165, 1.54) is 0 Å². The second-order valence-electron chi connectivity index (χ2n) is 14.4. The third kappa shape index (κ3) is 2.85. The minimum absolute atomic E-state index is 0.0347. The van der Waals surface area contributed by atoms with Crippen LogP contribution in [0, 0.1) is 56.7 Å². The minimum Gasteiger partial charge on any atom is -0.481 e. The van der Waals surface area contributed by atoms with Gasteiger partial charge in [0.25, 0.3) is 0 Å². The predicted octanol–water partition coefficient (Wildman–Crippen LogP) is 6.15. The highest BCUT2D eigenvalue weighted by Gasteiger charge is 2.73. The Labute approximate surface area is 210 Å². The molecule has 0 heterocycles. The summed E-state index contributed by atoms with van der Waals surface area (Å²) in [7, 11) is 0. The molecule has 5 heteroatoms. The van der Waals surface area contributed by atoms with Crippen LogP contribution in [0.1, 0.15) is 99.3 Å². The molecule has 0 saturated heterocycles. The van der Waals surface area contributed by atoms with Crippen molar-refractivity contribution in [3.8, 4) is 0 Å². The summed E-state index contributed by atoms with van der Waals surface area (Å²) in [5, 5.41) is 32.5. The molecule has 5 nitrogen and oxygen atoms in total. The summed E-state index contributed by atoms with van der Waals surface area (Å²) in [4.78, 5) is 26.3. The van der Waals surface area contributed by atoms with Gasteiger partial charge in [0.2, 0.25) is 0 Å². The summed E-state index contributed by atoms with van der Waals surface area (Å²) in [6.45, 7) is 13.4. The Morgan fingerprint density at radius 3 is 2.17 bits per heavy atom. The summed E-state index contributed by atoms with van der Waals surface area (Å²) < 4.78 is 0. The Kier molecular flexibility index (Phi) is 5.48. The lowest BCUT2D eigenvalue weighted by atomic mass is 9.33. The van der Waals surface area contributed by atoms with E-state index >= 15 is 0 Å². The zero-order valence-electron chi connectivity index (χ0n) is 22.6. The molecule has 0 unspecified atom stereocenters. The van der Waals surface area contributed by atoms with Crippen LogP contribution in [0.3, 0.4) is 0 Å². The second kappa shape index (κ2) is 7.58. The number of carboxylic acid groups (broad SMARTS) is 2. The first-order chi connectivity index (χ1) is 16.2. The number of hydrogen-bond donors (Lipinski definition) is 3. The molecule has 5 aliphatic carbocycles. The molecule has 0 aromatic rings. The molecule has 4 saturated carbocycles. The Bertz CT molecular complexity index is 968. The quantitative estimate of drug-likeness (QED) is 0.407. The molecule has 3 N–H and O–H groups in total. The zero-order valence-corrected chi connectivity index (χ0v) is 22.6. The highest BCUT2D eigenvalue weighted by atomic mass is 16.4. The third-order valence-electron chi connectivity index (χ3n) is 13.2. The van der Waals surface area contributed by atoms with Crippen molar-refractivity contribution in [2.45, 2.75) is 105 Å². The fraction of sp³-hybridized carbons (Fsp3) is 0.867. The molecule has 0 aliphatic heterocycles. The number of carboxylic acids is 2. The van der Waals surface area contributed by atoms with Crippen LogP contribution in [0.5, 0.6) is 0 Å². The maximum atomic E-state index is 13.5. The first-order valence-corrected chi connectivity index (χ1v) is 14.1. The predicted molar refractivity (Wildman–Crippen MR) is 135 cm³/mol. The molecule has 5 rings (SSSR count). The Morgan fingerprint density at radius 2 is 1.54 bits per heavy atom. The largest absolute Gasteiger partial charge is 0.481 e. The highest BCUT2D eigenvalue weighted by molar-refractivity contribution is 5.84. The summed E-state index contributed by atoms with van der Waals surface area (Å²) in [5.41, 5.74) is -1.53. The van der Waals surface area contributed by atoms with Gasteiger partial charge in [0.15, 0.2) is 0 Å². The van der Waals surface area contributed by atoms with Crippen molar-refractivity contribution in [1.82, 2.24) is 0 Å². The van der Waals surface area contributed by atoms with E-state index in [9.17, 15) is 24.9 Å². The van der Waals surface area contributed by atoms with Crippen LogP contribution in [-0.4, -0.2) is 33.4 Å². The van der Waals surface area contributed by atoms with Gasteiger partial charge in [-0.3, -0.25) is 9.59 Å². The molecule has 0 amide bonds. The van der Waals surface area contributed by atoms with E-state index in [1.807, 2.05) is 0 Å². The molecule has 0 radical (unpaired) electrons. The van der Waals surface area contributed by atoms with Crippen molar-refractivity contribution >= 4 is 11.9 Å². The van der Waals surface area contributed by atoms with Crippen molar-refractivity contribution in [2.75, 3.05) is 0 Å². The lowest BCUT2D eigenvalue weighted by Crippen LogP contribution is -2.67. The lowest BCUT2D eigenvalue weighted by molar-refractivity contribution is -0.216. The van der Waals surface area contributed by atoms with E-state index in [-0.39, 0.29) is 34.7 Å². The summed E-state index contributed by atoms with van der Waals surface area (Å²) in [6, 6.07) is 0. The molecular weight excluding hydrogens is 440 g/mol. The van der Waals surface area contributed by atoms with Crippen molar-refractivity contribution in [3.63, 3.8) is 0 Å². The van der Waals surface area contributed by atoms with Crippen LogP contribution < -0.4 is 0 Å². The lowest BCUT2D eigenvalue weighted by Gasteiger charge is -2.70. The summed E-state index contributed by atoms with van der Waals surface area (Å²) in [6.07, 6.45) is 8.62. The van der Waals surface area contributed by atoms with Gasteiger partial charge in [0.1, 0.15) is 0 Å². The fourth-order valence-corrected chi connectivity index (χ4v) is 11.0. The number of fused-ring (bicyclic) bond motifs is 7. The van der Waals surface area contributed by atoms with Gasteiger partial charge in [-0.15, -0.1) is 0 Å². The van der Waals surface area contributed by atoms with E-state index in [2.05, 4.69) is 47.6 Å². The molecule has 0 aromatic carbocycles. The second-order valence-corrected chi connectivity index (χ2v) is 14.4. The van der Waals surface area contributed by atoms with Gasteiger partial charge in [-0.1, -0.05) is 53.2 Å². The zero-order chi connectivity index (χ0) is 25.8. The number of carbonyl (C=O) groups is 2. The van der Waals surface area contributed by atoms with E-state index in [4.69, 9.17) is 0 Å². The first kappa shape index (κ1) is 25.3. The molecule has 10 atom stereocenters. The number of allylic oxidation sites excluding steroid dienone is 1. The molecule has 35 heavy (non-hydrogen) atoms. The van der Waals surface area contributed by atoms with Gasteiger partial charge in [-0.2, -0.15) is 0 Å². The first-order valence-electron chi connectivity index (χ1n) is 14.1. The number of aliphatic carboxylic acids is 2. The topological polar surface area (TPSA) is 94.8 Å². The Hall–Kier alpha value is -1.36. The molecule has 0 aromatic heterocycles. The average Bonchev–Trinajstić information content (AvgIpc) is 2.78. The molecule has 196 valence electrons. The van der Waals surface area contributed by atoms with Crippen molar-refractivity contribution in [2.24, 2.45) is 56.7 Å². The minimum atomic E-state index is -1.00. The van der Waals surface area contributed by atoms with Crippen molar-refractivity contribution < 1.29 is 24.9 Å². The van der Waals surface area contributed by atoms with Crippen LogP contribution in [0.4, 0.5) is 0 Å². The number of rotatable bonds is 2. The van der Waals surface area contributed by atoms with Gasteiger partial charge < -0.3 is 15.3 Å². The van der Waals surface area contributed by atoms with Crippen LogP contribution in [0.25, 0.3) is 0 Å². The van der Waals surface area contributed by atoms with E-state index in [1.54, 1.807) is 0 Å². The SMILES string of the molecule is C[C@H]1[C@H](C)CC[C@]2(C(=O)O)CC[C@]3(C(=O)O)C(=CC[C@@H]4[C@@]5(C)CC[C@H](O)C(C)(C)[C@H]5CC[C@]43C)[C@H]12. The van der Waals surface area contributed by atoms with Crippen LogP contribution in [0.2, 0.25) is 0 Å². The molecule has 0 bridgehead atoms. The normalized spacial score (nSPS) is 52.7. The van der Waals surface area contributed by atoms with Crippen molar-refractivity contribution in [1.29, 1.82) is 0 Å². The Balaban J connectivity index is 1.68.